The van der Waals surface area contributed by atoms with E-state index in [1.54, 1.807) is 6.20 Å². The molecule has 1 unspecified atom stereocenters. The zero-order chi connectivity index (χ0) is 13.0. The summed E-state index contributed by atoms with van der Waals surface area (Å²) < 4.78 is 14.6. The zero-order valence-corrected chi connectivity index (χ0v) is 10.7. The SMILES string of the molecule is CC(Cc1ccc(F)cc1)NCc1ccnn1C. The van der Waals surface area contributed by atoms with Crippen molar-refractivity contribution in [3.63, 3.8) is 0 Å². The lowest BCUT2D eigenvalue weighted by atomic mass is 10.1. The van der Waals surface area contributed by atoms with Gasteiger partial charge in [0.05, 0.1) is 5.69 Å². The molecular weight excluding hydrogens is 229 g/mol. The molecule has 0 spiro atoms. The first-order valence-corrected chi connectivity index (χ1v) is 6.10. The van der Waals surface area contributed by atoms with Crippen LogP contribution in [0.1, 0.15) is 18.2 Å². The summed E-state index contributed by atoms with van der Waals surface area (Å²) in [6.07, 6.45) is 2.68. The molecule has 3 nitrogen and oxygen atoms in total. The molecule has 1 aromatic carbocycles. The van der Waals surface area contributed by atoms with Crippen molar-refractivity contribution in [3.05, 3.63) is 53.6 Å². The van der Waals surface area contributed by atoms with Gasteiger partial charge in [-0.3, -0.25) is 4.68 Å². The van der Waals surface area contributed by atoms with Crippen LogP contribution in [0.5, 0.6) is 0 Å². The van der Waals surface area contributed by atoms with E-state index in [9.17, 15) is 4.39 Å². The third-order valence-corrected chi connectivity index (χ3v) is 3.01. The maximum Gasteiger partial charge on any atom is 0.123 e. The zero-order valence-electron chi connectivity index (χ0n) is 10.7. The summed E-state index contributed by atoms with van der Waals surface area (Å²) in [7, 11) is 1.93. The molecule has 1 aromatic heterocycles. The second-order valence-electron chi connectivity index (χ2n) is 4.56. The molecular formula is C14H18FN3. The minimum atomic E-state index is -0.186. The van der Waals surface area contributed by atoms with E-state index in [1.807, 2.05) is 29.9 Å². The number of aryl methyl sites for hydroxylation is 1. The van der Waals surface area contributed by atoms with Gasteiger partial charge in [0.15, 0.2) is 0 Å². The molecule has 0 aliphatic carbocycles. The lowest BCUT2D eigenvalue weighted by molar-refractivity contribution is 0.525. The Hall–Kier alpha value is -1.68. The van der Waals surface area contributed by atoms with Gasteiger partial charge >= 0.3 is 0 Å². The summed E-state index contributed by atoms with van der Waals surface area (Å²) in [5.74, 6) is -0.186. The van der Waals surface area contributed by atoms with Crippen molar-refractivity contribution < 1.29 is 4.39 Å². The highest BCUT2D eigenvalue weighted by Gasteiger charge is 2.05. The van der Waals surface area contributed by atoms with Crippen molar-refractivity contribution in [2.24, 2.45) is 7.05 Å². The minimum Gasteiger partial charge on any atom is -0.308 e. The number of benzene rings is 1. The molecule has 0 aliphatic heterocycles. The lowest BCUT2D eigenvalue weighted by Crippen LogP contribution is -2.28. The van der Waals surface area contributed by atoms with Gasteiger partial charge in [0.25, 0.3) is 0 Å². The molecule has 0 saturated heterocycles. The van der Waals surface area contributed by atoms with Crippen molar-refractivity contribution >= 4 is 0 Å². The molecule has 0 amide bonds. The van der Waals surface area contributed by atoms with Crippen LogP contribution in [0.3, 0.4) is 0 Å². The van der Waals surface area contributed by atoms with Gasteiger partial charge in [0.2, 0.25) is 0 Å². The monoisotopic (exact) mass is 247 g/mol. The number of rotatable bonds is 5. The Morgan fingerprint density at radius 1 is 1.28 bits per heavy atom. The van der Waals surface area contributed by atoms with E-state index < -0.39 is 0 Å². The molecule has 0 bridgehead atoms. The summed E-state index contributed by atoms with van der Waals surface area (Å²) in [5, 5.41) is 7.56. The predicted molar refractivity (Wildman–Crippen MR) is 69.6 cm³/mol. The van der Waals surface area contributed by atoms with E-state index >= 15 is 0 Å². The fourth-order valence-electron chi connectivity index (χ4n) is 1.90. The second kappa shape index (κ2) is 5.78. The number of hydrogen-bond donors (Lipinski definition) is 1. The van der Waals surface area contributed by atoms with Crippen molar-refractivity contribution in [1.82, 2.24) is 15.1 Å². The van der Waals surface area contributed by atoms with Crippen molar-refractivity contribution in [2.75, 3.05) is 0 Å². The molecule has 1 atom stereocenters. The molecule has 0 aliphatic rings. The van der Waals surface area contributed by atoms with Gasteiger partial charge in [0, 0.05) is 25.8 Å². The summed E-state index contributed by atoms with van der Waals surface area (Å²) >= 11 is 0. The van der Waals surface area contributed by atoms with Crippen LogP contribution in [-0.2, 0) is 20.0 Å². The van der Waals surface area contributed by atoms with Gasteiger partial charge in [-0.25, -0.2) is 4.39 Å². The van der Waals surface area contributed by atoms with Crippen LogP contribution < -0.4 is 5.32 Å². The van der Waals surface area contributed by atoms with Crippen molar-refractivity contribution in [3.8, 4) is 0 Å². The second-order valence-corrected chi connectivity index (χ2v) is 4.56. The van der Waals surface area contributed by atoms with E-state index in [1.165, 1.54) is 12.1 Å². The first-order chi connectivity index (χ1) is 8.65. The fourth-order valence-corrected chi connectivity index (χ4v) is 1.90. The summed E-state index contributed by atoms with van der Waals surface area (Å²) in [6, 6.07) is 9.00. The van der Waals surface area contributed by atoms with Crippen LogP contribution in [0.4, 0.5) is 4.39 Å². The molecule has 2 aromatic rings. The maximum absolute atomic E-state index is 12.8. The first-order valence-electron chi connectivity index (χ1n) is 6.10. The topological polar surface area (TPSA) is 29.9 Å². The standard InChI is InChI=1S/C14H18FN3/c1-11(9-12-3-5-13(15)6-4-12)16-10-14-7-8-17-18(14)2/h3-8,11,16H,9-10H2,1-2H3. The van der Waals surface area contributed by atoms with E-state index in [0.717, 1.165) is 24.2 Å². The lowest BCUT2D eigenvalue weighted by Gasteiger charge is -2.14. The van der Waals surface area contributed by atoms with E-state index in [2.05, 4.69) is 17.3 Å². The van der Waals surface area contributed by atoms with E-state index in [0.29, 0.717) is 6.04 Å². The van der Waals surface area contributed by atoms with Crippen LogP contribution >= 0.6 is 0 Å². The van der Waals surface area contributed by atoms with Crippen LogP contribution in [-0.4, -0.2) is 15.8 Å². The minimum absolute atomic E-state index is 0.186. The van der Waals surface area contributed by atoms with Crippen molar-refractivity contribution in [1.29, 1.82) is 0 Å². The van der Waals surface area contributed by atoms with Crippen LogP contribution in [0.25, 0.3) is 0 Å². The Kier molecular flexibility index (Phi) is 4.10. The molecule has 1 N–H and O–H groups in total. The quantitative estimate of drug-likeness (QED) is 0.878. The largest absolute Gasteiger partial charge is 0.308 e. The Morgan fingerprint density at radius 2 is 2.00 bits per heavy atom. The predicted octanol–water partition coefficient (Wildman–Crippen LogP) is 2.28. The number of nitrogens with one attached hydrogen (secondary N) is 1. The van der Waals surface area contributed by atoms with Crippen LogP contribution in [0.15, 0.2) is 36.5 Å². The number of halogens is 1. The van der Waals surface area contributed by atoms with E-state index in [-0.39, 0.29) is 5.82 Å². The van der Waals surface area contributed by atoms with Gasteiger partial charge in [-0.15, -0.1) is 0 Å². The van der Waals surface area contributed by atoms with Gasteiger partial charge in [-0.05, 0) is 37.1 Å². The molecule has 4 heteroatoms. The summed E-state index contributed by atoms with van der Waals surface area (Å²) in [4.78, 5) is 0. The van der Waals surface area contributed by atoms with Gasteiger partial charge in [0.1, 0.15) is 5.82 Å². The molecule has 2 rings (SSSR count). The van der Waals surface area contributed by atoms with Crippen molar-refractivity contribution in [2.45, 2.75) is 25.9 Å². The van der Waals surface area contributed by atoms with Gasteiger partial charge in [-0.1, -0.05) is 12.1 Å². The molecule has 0 radical (unpaired) electrons. The third kappa shape index (κ3) is 3.40. The number of hydrogen-bond acceptors (Lipinski definition) is 2. The van der Waals surface area contributed by atoms with Gasteiger partial charge in [-0.2, -0.15) is 5.10 Å². The third-order valence-electron chi connectivity index (χ3n) is 3.01. The summed E-state index contributed by atoms with van der Waals surface area (Å²) in [6.45, 7) is 2.92. The first kappa shape index (κ1) is 12.8. The number of aromatic nitrogens is 2. The smallest absolute Gasteiger partial charge is 0.123 e. The molecule has 0 saturated carbocycles. The molecule has 96 valence electrons. The fraction of sp³-hybridized carbons (Fsp3) is 0.357. The Morgan fingerprint density at radius 3 is 2.61 bits per heavy atom. The molecule has 18 heavy (non-hydrogen) atoms. The normalized spacial score (nSPS) is 12.6. The Labute approximate surface area is 107 Å². The number of nitrogens with zero attached hydrogens (tertiary/aromatic N) is 2. The van der Waals surface area contributed by atoms with E-state index in [4.69, 9.17) is 0 Å². The highest BCUT2D eigenvalue weighted by Crippen LogP contribution is 2.06. The Bertz CT molecular complexity index is 490. The highest BCUT2D eigenvalue weighted by atomic mass is 19.1. The summed E-state index contributed by atoms with van der Waals surface area (Å²) in [5.41, 5.74) is 2.29. The molecule has 0 fully saturated rings. The van der Waals surface area contributed by atoms with Crippen LogP contribution in [0.2, 0.25) is 0 Å². The average molecular weight is 247 g/mol. The maximum atomic E-state index is 12.8. The highest BCUT2D eigenvalue weighted by molar-refractivity contribution is 5.17. The van der Waals surface area contributed by atoms with Crippen LogP contribution in [0, 0.1) is 5.82 Å². The Balaban J connectivity index is 1.83. The van der Waals surface area contributed by atoms with Gasteiger partial charge < -0.3 is 5.32 Å². The molecule has 1 heterocycles. The average Bonchev–Trinajstić information content (AvgIpc) is 2.75.